The number of benzene rings is 2. The van der Waals surface area contributed by atoms with Crippen LogP contribution in [0.5, 0.6) is 5.75 Å². The van der Waals surface area contributed by atoms with Gasteiger partial charge in [0.1, 0.15) is 12.4 Å². The summed E-state index contributed by atoms with van der Waals surface area (Å²) in [7, 11) is 0. The highest BCUT2D eigenvalue weighted by atomic mass is 32.1. The van der Waals surface area contributed by atoms with Crippen molar-refractivity contribution in [3.8, 4) is 17.0 Å². The lowest BCUT2D eigenvalue weighted by molar-refractivity contribution is -0.114. The molecular formula is C21H17N3O3S. The van der Waals surface area contributed by atoms with E-state index in [2.05, 4.69) is 10.3 Å². The second-order valence-electron chi connectivity index (χ2n) is 6.18. The quantitative estimate of drug-likeness (QED) is 0.559. The summed E-state index contributed by atoms with van der Waals surface area (Å²) in [6.45, 7) is 1.64. The predicted octanol–water partition coefficient (Wildman–Crippen LogP) is 3.96. The van der Waals surface area contributed by atoms with E-state index in [1.54, 1.807) is 28.7 Å². The van der Waals surface area contributed by atoms with Gasteiger partial charge in [-0.1, -0.05) is 30.3 Å². The van der Waals surface area contributed by atoms with Gasteiger partial charge in [-0.3, -0.25) is 14.0 Å². The molecule has 28 heavy (non-hydrogen) atoms. The number of hydrogen-bond acceptors (Lipinski definition) is 5. The van der Waals surface area contributed by atoms with Crippen LogP contribution in [-0.4, -0.2) is 15.3 Å². The molecule has 0 aliphatic rings. The van der Waals surface area contributed by atoms with Gasteiger partial charge < -0.3 is 10.1 Å². The second-order valence-corrected chi connectivity index (χ2v) is 7.02. The molecule has 2 heterocycles. The number of carbonyl (C=O) groups is 1. The summed E-state index contributed by atoms with van der Waals surface area (Å²) in [4.78, 5) is 28.9. The molecule has 6 nitrogen and oxygen atoms in total. The van der Waals surface area contributed by atoms with E-state index < -0.39 is 0 Å². The van der Waals surface area contributed by atoms with Crippen molar-refractivity contribution in [3.63, 3.8) is 0 Å². The summed E-state index contributed by atoms with van der Waals surface area (Å²) in [5.41, 5.74) is 2.94. The largest absolute Gasteiger partial charge is 0.487 e. The van der Waals surface area contributed by atoms with Crippen LogP contribution in [0.25, 0.3) is 16.2 Å². The van der Waals surface area contributed by atoms with Gasteiger partial charge in [-0.05, 0) is 29.8 Å². The molecular weight excluding hydrogens is 374 g/mol. The summed E-state index contributed by atoms with van der Waals surface area (Å²) >= 11 is 1.42. The Hall–Kier alpha value is -3.45. The van der Waals surface area contributed by atoms with Crippen LogP contribution in [0.15, 0.2) is 70.8 Å². The molecule has 0 saturated carbocycles. The third kappa shape index (κ3) is 3.79. The van der Waals surface area contributed by atoms with Gasteiger partial charge in [-0.25, -0.2) is 4.98 Å². The van der Waals surface area contributed by atoms with Crippen LogP contribution >= 0.6 is 11.3 Å². The zero-order valence-electron chi connectivity index (χ0n) is 15.1. The molecule has 4 rings (SSSR count). The monoisotopic (exact) mass is 391 g/mol. The van der Waals surface area contributed by atoms with Gasteiger partial charge in [0.15, 0.2) is 4.96 Å². The van der Waals surface area contributed by atoms with Gasteiger partial charge in [-0.2, -0.15) is 0 Å². The van der Waals surface area contributed by atoms with E-state index in [0.717, 1.165) is 11.3 Å². The summed E-state index contributed by atoms with van der Waals surface area (Å²) in [6.07, 6.45) is 0. The topological polar surface area (TPSA) is 72.7 Å². The minimum absolute atomic E-state index is 0.127. The van der Waals surface area contributed by atoms with Crippen LogP contribution in [0.3, 0.4) is 0 Å². The fraction of sp³-hybridized carbons (Fsp3) is 0.0952. The number of nitrogens with one attached hydrogen (secondary N) is 1. The van der Waals surface area contributed by atoms with E-state index >= 15 is 0 Å². The number of rotatable bonds is 5. The number of fused-ring (bicyclic) bond motifs is 1. The Balaban J connectivity index is 1.54. The van der Waals surface area contributed by atoms with E-state index in [-0.39, 0.29) is 18.1 Å². The molecule has 0 atom stereocenters. The van der Waals surface area contributed by atoms with Crippen molar-refractivity contribution >= 4 is 27.9 Å². The summed E-state index contributed by atoms with van der Waals surface area (Å²) in [5, 5.41) is 4.63. The lowest BCUT2D eigenvalue weighted by Gasteiger charge is -2.08. The smallest absolute Gasteiger partial charge is 0.259 e. The number of nitrogens with zero attached hydrogens (tertiary/aromatic N) is 2. The Morgan fingerprint density at radius 3 is 2.61 bits per heavy atom. The molecule has 2 aromatic carbocycles. The number of hydrogen-bond donors (Lipinski definition) is 1. The van der Waals surface area contributed by atoms with E-state index in [0.29, 0.717) is 22.1 Å². The fourth-order valence-corrected chi connectivity index (χ4v) is 3.77. The number of thiazole rings is 1. The Kier molecular flexibility index (Phi) is 4.90. The molecule has 7 heteroatoms. The lowest BCUT2D eigenvalue weighted by atomic mass is 10.2. The zero-order chi connectivity index (χ0) is 19.5. The van der Waals surface area contributed by atoms with Crippen molar-refractivity contribution in [1.29, 1.82) is 0 Å². The number of amides is 1. The third-order valence-corrected chi connectivity index (χ3v) is 4.91. The van der Waals surface area contributed by atoms with Crippen molar-refractivity contribution in [2.75, 3.05) is 5.32 Å². The molecule has 1 amide bonds. The molecule has 0 aliphatic heterocycles. The first-order valence-electron chi connectivity index (χ1n) is 8.66. The van der Waals surface area contributed by atoms with Gasteiger partial charge >= 0.3 is 0 Å². The summed E-state index contributed by atoms with van der Waals surface area (Å²) in [6, 6.07) is 18.3. The maximum atomic E-state index is 12.6. The van der Waals surface area contributed by atoms with Gasteiger partial charge in [0.2, 0.25) is 5.91 Å². The minimum atomic E-state index is -0.135. The molecule has 0 saturated heterocycles. The van der Waals surface area contributed by atoms with Crippen LogP contribution in [0, 0.1) is 0 Å². The number of carbonyl (C=O) groups excluding carboxylic acids is 1. The maximum Gasteiger partial charge on any atom is 0.259 e. The van der Waals surface area contributed by atoms with Gasteiger partial charge in [0.05, 0.1) is 11.4 Å². The Labute approximate surface area is 165 Å². The highest BCUT2D eigenvalue weighted by Crippen LogP contribution is 2.24. The number of aromatic nitrogens is 2. The lowest BCUT2D eigenvalue weighted by Crippen LogP contribution is -2.15. The molecule has 0 fully saturated rings. The Morgan fingerprint density at radius 2 is 1.89 bits per heavy atom. The molecule has 0 unspecified atom stereocenters. The highest BCUT2D eigenvalue weighted by molar-refractivity contribution is 7.15. The molecule has 2 aromatic heterocycles. The van der Waals surface area contributed by atoms with Crippen LogP contribution in [0.4, 0.5) is 5.69 Å². The van der Waals surface area contributed by atoms with Crippen molar-refractivity contribution in [2.45, 2.75) is 13.5 Å². The van der Waals surface area contributed by atoms with E-state index in [1.165, 1.54) is 24.3 Å². The van der Waals surface area contributed by atoms with Gasteiger partial charge in [0.25, 0.3) is 5.56 Å². The molecule has 4 aromatic rings. The minimum Gasteiger partial charge on any atom is -0.487 e. The zero-order valence-corrected chi connectivity index (χ0v) is 15.9. The first kappa shape index (κ1) is 17.9. The third-order valence-electron chi connectivity index (χ3n) is 4.09. The Morgan fingerprint density at radius 1 is 1.14 bits per heavy atom. The summed E-state index contributed by atoms with van der Waals surface area (Å²) < 4.78 is 7.35. The van der Waals surface area contributed by atoms with E-state index in [1.807, 2.05) is 35.7 Å². The maximum absolute atomic E-state index is 12.6. The van der Waals surface area contributed by atoms with E-state index in [9.17, 15) is 9.59 Å². The average molecular weight is 391 g/mol. The van der Waals surface area contributed by atoms with Gasteiger partial charge in [0, 0.05) is 24.1 Å². The van der Waals surface area contributed by atoms with Crippen molar-refractivity contribution in [1.82, 2.24) is 9.38 Å². The first-order chi connectivity index (χ1) is 13.6. The van der Waals surface area contributed by atoms with Crippen molar-refractivity contribution < 1.29 is 9.53 Å². The van der Waals surface area contributed by atoms with Crippen LogP contribution in [-0.2, 0) is 11.4 Å². The normalized spacial score (nSPS) is 10.8. The highest BCUT2D eigenvalue weighted by Gasteiger charge is 2.11. The average Bonchev–Trinajstić information content (AvgIpc) is 3.12. The summed E-state index contributed by atoms with van der Waals surface area (Å²) in [5.74, 6) is 0.504. The number of anilines is 1. The molecule has 140 valence electrons. The first-order valence-corrected chi connectivity index (χ1v) is 9.54. The molecule has 0 radical (unpaired) electrons. The Bertz CT molecular complexity index is 1180. The molecule has 1 N–H and O–H groups in total. The predicted molar refractivity (Wildman–Crippen MR) is 110 cm³/mol. The van der Waals surface area contributed by atoms with Crippen molar-refractivity contribution in [2.24, 2.45) is 0 Å². The van der Waals surface area contributed by atoms with Gasteiger partial charge in [-0.15, -0.1) is 11.3 Å². The second kappa shape index (κ2) is 7.66. The molecule has 0 bridgehead atoms. The van der Waals surface area contributed by atoms with E-state index in [4.69, 9.17) is 4.74 Å². The number of ether oxygens (including phenoxy) is 1. The van der Waals surface area contributed by atoms with Crippen LogP contribution in [0.1, 0.15) is 12.6 Å². The van der Waals surface area contributed by atoms with Crippen LogP contribution in [0.2, 0.25) is 0 Å². The van der Waals surface area contributed by atoms with Crippen LogP contribution < -0.4 is 15.6 Å². The van der Waals surface area contributed by atoms with Crippen molar-refractivity contribution in [3.05, 3.63) is 82.1 Å². The SMILES string of the molecule is CC(=O)Nc1ccc(OCc2cc(=O)n3c(-c4ccccc4)csc3n2)cc1. The molecule has 0 spiro atoms. The fourth-order valence-electron chi connectivity index (χ4n) is 2.84. The standard InChI is InChI=1S/C21H17N3O3S/c1-14(25)22-16-7-9-18(10-8-16)27-12-17-11-20(26)24-19(13-28-21(24)23-17)15-5-3-2-4-6-15/h2-11,13H,12H2,1H3,(H,22,25). The molecule has 0 aliphatic carbocycles.